The highest BCUT2D eigenvalue weighted by atomic mass is 16.6. The molecule has 2 aliphatic carbocycles. The molecule has 6 nitrogen and oxygen atoms in total. The van der Waals surface area contributed by atoms with Crippen molar-refractivity contribution in [2.24, 2.45) is 22.7 Å². The van der Waals surface area contributed by atoms with Gasteiger partial charge in [-0.3, -0.25) is 9.59 Å². The predicted octanol–water partition coefficient (Wildman–Crippen LogP) is 2.96. The van der Waals surface area contributed by atoms with Gasteiger partial charge in [0.2, 0.25) is 0 Å². The SMILES string of the molecule is C[C@@H]1CC(=O)[C@@]2(C)[C@H](CC[C@H]3O[C@]32C)[C@]1(C[C@H](O)c1ccoc1)C(=O)O. The average molecular weight is 362 g/mol. The van der Waals surface area contributed by atoms with E-state index >= 15 is 0 Å². The molecule has 7 atom stereocenters. The minimum atomic E-state index is -1.18. The van der Waals surface area contributed by atoms with Crippen LogP contribution in [-0.2, 0) is 14.3 Å². The third-order valence-electron chi connectivity index (χ3n) is 7.82. The molecule has 4 rings (SSSR count). The molecule has 0 unspecified atom stereocenters. The van der Waals surface area contributed by atoms with E-state index in [2.05, 4.69) is 0 Å². The summed E-state index contributed by atoms with van der Waals surface area (Å²) < 4.78 is 10.9. The molecule has 2 saturated carbocycles. The molecule has 0 spiro atoms. The van der Waals surface area contributed by atoms with Gasteiger partial charge in [-0.25, -0.2) is 0 Å². The fourth-order valence-corrected chi connectivity index (χ4v) is 5.96. The Morgan fingerprint density at radius 3 is 2.73 bits per heavy atom. The fourth-order valence-electron chi connectivity index (χ4n) is 5.96. The van der Waals surface area contributed by atoms with Gasteiger partial charge in [0.25, 0.3) is 0 Å². The summed E-state index contributed by atoms with van der Waals surface area (Å²) in [5.74, 6) is -1.56. The highest BCUT2D eigenvalue weighted by Crippen LogP contribution is 2.69. The number of hydrogen-bond acceptors (Lipinski definition) is 5. The molecule has 26 heavy (non-hydrogen) atoms. The van der Waals surface area contributed by atoms with Gasteiger partial charge in [-0.05, 0) is 51.0 Å². The van der Waals surface area contributed by atoms with Crippen LogP contribution in [0.2, 0.25) is 0 Å². The third-order valence-corrected chi connectivity index (χ3v) is 7.82. The van der Waals surface area contributed by atoms with Crippen LogP contribution in [0.25, 0.3) is 0 Å². The smallest absolute Gasteiger partial charge is 0.310 e. The second kappa shape index (κ2) is 5.42. The van der Waals surface area contributed by atoms with Crippen molar-refractivity contribution >= 4 is 11.8 Å². The van der Waals surface area contributed by atoms with Crippen molar-refractivity contribution < 1.29 is 29.0 Å². The Morgan fingerprint density at radius 1 is 1.38 bits per heavy atom. The van der Waals surface area contributed by atoms with Gasteiger partial charge in [0.15, 0.2) is 0 Å². The van der Waals surface area contributed by atoms with Crippen LogP contribution in [0.1, 0.15) is 58.1 Å². The highest BCUT2D eigenvalue weighted by molar-refractivity contribution is 5.91. The van der Waals surface area contributed by atoms with Crippen molar-refractivity contribution in [2.75, 3.05) is 0 Å². The molecule has 142 valence electrons. The number of aliphatic hydroxyl groups is 1. The molecule has 1 aromatic rings. The summed E-state index contributed by atoms with van der Waals surface area (Å²) in [5, 5.41) is 21.1. The van der Waals surface area contributed by atoms with E-state index in [9.17, 15) is 19.8 Å². The Hall–Kier alpha value is -1.66. The van der Waals surface area contributed by atoms with Crippen LogP contribution in [0.15, 0.2) is 23.0 Å². The second-order valence-corrected chi connectivity index (χ2v) is 8.70. The second-order valence-electron chi connectivity index (χ2n) is 8.70. The minimum Gasteiger partial charge on any atom is -0.481 e. The van der Waals surface area contributed by atoms with Crippen LogP contribution in [0.5, 0.6) is 0 Å². The number of aliphatic carboxylic acids is 1. The molecule has 1 aromatic heterocycles. The summed E-state index contributed by atoms with van der Waals surface area (Å²) in [6.07, 6.45) is 3.64. The van der Waals surface area contributed by atoms with Crippen molar-refractivity contribution in [3.63, 3.8) is 0 Å². The summed E-state index contributed by atoms with van der Waals surface area (Å²) in [4.78, 5) is 25.7. The Balaban J connectivity index is 1.79. The van der Waals surface area contributed by atoms with Gasteiger partial charge in [-0.2, -0.15) is 0 Å². The largest absolute Gasteiger partial charge is 0.481 e. The maximum absolute atomic E-state index is 13.1. The first-order chi connectivity index (χ1) is 12.2. The molecule has 2 N–H and O–H groups in total. The van der Waals surface area contributed by atoms with Crippen LogP contribution in [0, 0.1) is 22.7 Å². The summed E-state index contributed by atoms with van der Waals surface area (Å²) in [7, 11) is 0. The number of carbonyl (C=O) groups is 2. The summed E-state index contributed by atoms with van der Waals surface area (Å²) >= 11 is 0. The number of fused-ring (bicyclic) bond motifs is 3. The van der Waals surface area contributed by atoms with E-state index in [0.29, 0.717) is 12.0 Å². The van der Waals surface area contributed by atoms with Gasteiger partial charge in [-0.1, -0.05) is 6.92 Å². The lowest BCUT2D eigenvalue weighted by atomic mass is 9.43. The van der Waals surface area contributed by atoms with Crippen molar-refractivity contribution in [3.05, 3.63) is 24.2 Å². The number of furan rings is 1. The third kappa shape index (κ3) is 2.00. The number of aliphatic hydroxyl groups excluding tert-OH is 1. The van der Waals surface area contributed by atoms with E-state index in [0.717, 1.165) is 6.42 Å². The molecule has 0 radical (unpaired) electrons. The Kier molecular flexibility index (Phi) is 3.70. The lowest BCUT2D eigenvalue weighted by molar-refractivity contribution is -0.184. The van der Waals surface area contributed by atoms with E-state index < -0.39 is 28.5 Å². The zero-order valence-electron chi connectivity index (χ0n) is 15.4. The van der Waals surface area contributed by atoms with Crippen LogP contribution in [0.4, 0.5) is 0 Å². The molecular formula is C20H26O6. The first-order valence-electron chi connectivity index (χ1n) is 9.32. The number of ketones is 1. The molecule has 1 saturated heterocycles. The summed E-state index contributed by atoms with van der Waals surface area (Å²) in [5.41, 5.74) is -2.04. The number of Topliss-reactive ketones (excluding diaryl/α,β-unsaturated/α-hetero) is 1. The molecule has 1 aliphatic heterocycles. The zero-order valence-corrected chi connectivity index (χ0v) is 15.4. The number of hydrogen-bond donors (Lipinski definition) is 2. The number of carboxylic acids is 1. The summed E-state index contributed by atoms with van der Waals surface area (Å²) in [6, 6.07) is 1.65. The quantitative estimate of drug-likeness (QED) is 0.799. The van der Waals surface area contributed by atoms with E-state index in [4.69, 9.17) is 9.15 Å². The molecule has 0 amide bonds. The molecule has 3 aliphatic rings. The van der Waals surface area contributed by atoms with Crippen molar-refractivity contribution in [3.8, 4) is 0 Å². The van der Waals surface area contributed by atoms with Crippen molar-refractivity contribution in [1.29, 1.82) is 0 Å². The number of ether oxygens (including phenoxy) is 1. The normalized spacial score (nSPS) is 45.5. The molecule has 3 fully saturated rings. The molecule has 0 bridgehead atoms. The van der Waals surface area contributed by atoms with Crippen LogP contribution in [-0.4, -0.2) is 33.7 Å². The van der Waals surface area contributed by atoms with Gasteiger partial charge in [0, 0.05) is 12.0 Å². The standard InChI is InChI=1S/C20H26O6/c1-11-8-15(22)18(2)14(4-5-16-19(18,3)26-16)20(11,17(23)24)9-13(21)12-6-7-25-10-12/h6-7,10-11,13-14,16,21H,4-5,8-9H2,1-3H3,(H,23,24)/t11-,13+,14+,16-,18-,19-,20-/m1/s1. The van der Waals surface area contributed by atoms with Gasteiger partial charge >= 0.3 is 5.97 Å². The summed E-state index contributed by atoms with van der Waals surface area (Å²) in [6.45, 7) is 5.65. The molecule has 6 heteroatoms. The van der Waals surface area contributed by atoms with Gasteiger partial charge in [0.1, 0.15) is 11.4 Å². The number of carbonyl (C=O) groups excluding carboxylic acids is 1. The maximum atomic E-state index is 13.1. The van der Waals surface area contributed by atoms with Crippen LogP contribution in [0.3, 0.4) is 0 Å². The Morgan fingerprint density at radius 2 is 2.12 bits per heavy atom. The first-order valence-corrected chi connectivity index (χ1v) is 9.32. The molecule has 2 heterocycles. The lowest BCUT2D eigenvalue weighted by Gasteiger charge is -2.57. The monoisotopic (exact) mass is 362 g/mol. The van der Waals surface area contributed by atoms with Crippen molar-refractivity contribution in [2.45, 2.75) is 64.3 Å². The van der Waals surface area contributed by atoms with Gasteiger partial charge < -0.3 is 19.4 Å². The highest BCUT2D eigenvalue weighted by Gasteiger charge is 2.77. The van der Waals surface area contributed by atoms with Crippen molar-refractivity contribution in [1.82, 2.24) is 0 Å². The number of carboxylic acid groups (broad SMARTS) is 1. The average Bonchev–Trinajstić information content (AvgIpc) is 3.02. The Labute approximate surface area is 152 Å². The predicted molar refractivity (Wildman–Crippen MR) is 91.3 cm³/mol. The topological polar surface area (TPSA) is 100 Å². The van der Waals surface area contributed by atoms with E-state index in [-0.39, 0.29) is 36.6 Å². The van der Waals surface area contributed by atoms with E-state index in [1.165, 1.54) is 12.5 Å². The molecular weight excluding hydrogens is 336 g/mol. The van der Waals surface area contributed by atoms with Gasteiger partial charge in [-0.15, -0.1) is 0 Å². The zero-order chi connectivity index (χ0) is 18.9. The van der Waals surface area contributed by atoms with E-state index in [1.54, 1.807) is 6.07 Å². The number of epoxide rings is 1. The fraction of sp³-hybridized carbons (Fsp3) is 0.700. The van der Waals surface area contributed by atoms with E-state index in [1.807, 2.05) is 20.8 Å². The van der Waals surface area contributed by atoms with Gasteiger partial charge in [0.05, 0.1) is 35.6 Å². The molecule has 0 aromatic carbocycles. The first kappa shape index (κ1) is 17.7. The lowest BCUT2D eigenvalue weighted by Crippen LogP contribution is -2.64. The Bertz CT molecular complexity index is 741. The van der Waals surface area contributed by atoms with Crippen LogP contribution < -0.4 is 0 Å². The number of rotatable bonds is 4. The minimum absolute atomic E-state index is 0.0337. The van der Waals surface area contributed by atoms with Crippen LogP contribution >= 0.6 is 0 Å². The maximum Gasteiger partial charge on any atom is 0.310 e.